The van der Waals surface area contributed by atoms with Crippen LogP contribution in [0.15, 0.2) is 42.5 Å². The largest absolute Gasteiger partial charge is 0.452 e. The maximum atomic E-state index is 13.0. The first-order valence-electron chi connectivity index (χ1n) is 12.7. The van der Waals surface area contributed by atoms with Crippen molar-refractivity contribution in [3.8, 4) is 11.1 Å². The third-order valence-corrected chi connectivity index (χ3v) is 6.99. The number of ether oxygens (including phenoxy) is 2. The molecule has 4 rings (SSSR count). The van der Waals surface area contributed by atoms with E-state index in [0.717, 1.165) is 30.6 Å². The molecular weight excluding hydrogens is 472 g/mol. The molecule has 3 amide bonds. The van der Waals surface area contributed by atoms with Crippen LogP contribution in [0.3, 0.4) is 0 Å². The molecule has 198 valence electrons. The highest BCUT2D eigenvalue weighted by Crippen LogP contribution is 2.39. The fourth-order valence-corrected chi connectivity index (χ4v) is 4.95. The van der Waals surface area contributed by atoms with Crippen molar-refractivity contribution in [1.29, 1.82) is 0 Å². The number of benzene rings is 2. The zero-order chi connectivity index (χ0) is 26.9. The van der Waals surface area contributed by atoms with Gasteiger partial charge in [-0.2, -0.15) is 0 Å². The van der Waals surface area contributed by atoms with Gasteiger partial charge in [0.2, 0.25) is 0 Å². The number of carbonyl (C=O) groups excluding carboxylic acids is 3. The second kappa shape index (κ2) is 10.8. The van der Waals surface area contributed by atoms with Gasteiger partial charge in [-0.1, -0.05) is 18.2 Å². The van der Waals surface area contributed by atoms with Crippen molar-refractivity contribution in [2.24, 2.45) is 0 Å². The van der Waals surface area contributed by atoms with Gasteiger partial charge in [-0.05, 0) is 76.7 Å². The van der Waals surface area contributed by atoms with Crippen LogP contribution in [0.5, 0.6) is 0 Å². The molecule has 9 heteroatoms. The number of rotatable bonds is 4. The number of fused-ring (bicyclic) bond motifs is 1. The molecule has 0 saturated carbocycles. The molecule has 2 heterocycles. The van der Waals surface area contributed by atoms with E-state index >= 15 is 0 Å². The minimum absolute atomic E-state index is 0.0339. The summed E-state index contributed by atoms with van der Waals surface area (Å²) in [6, 6.07) is 13.2. The van der Waals surface area contributed by atoms with Crippen LogP contribution in [0.25, 0.3) is 11.1 Å². The Morgan fingerprint density at radius 1 is 0.946 bits per heavy atom. The quantitative estimate of drug-likeness (QED) is 0.607. The van der Waals surface area contributed by atoms with E-state index in [1.165, 1.54) is 7.11 Å². The standard InChI is InChI=1S/C28H36N4O5/c1-18(2)37-27(34)31-16-19(3)32(28(35)36-6)24-12-11-22(15-25(24)31)20-7-9-21(10-8-20)26(33)30-14-13-23(17-30)29(4)5/h7-12,15,18-19,23H,13-14,16-17H2,1-6H3/t19-,23-/m0/s1. The number of methoxy groups -OCH3 is 1. The summed E-state index contributed by atoms with van der Waals surface area (Å²) in [5.41, 5.74) is 3.54. The van der Waals surface area contributed by atoms with Gasteiger partial charge in [-0.15, -0.1) is 0 Å². The summed E-state index contributed by atoms with van der Waals surface area (Å²) in [6.45, 7) is 7.22. The van der Waals surface area contributed by atoms with Crippen LogP contribution in [-0.2, 0) is 9.47 Å². The van der Waals surface area contributed by atoms with Crippen LogP contribution in [0.4, 0.5) is 21.0 Å². The molecule has 2 aliphatic rings. The molecule has 0 radical (unpaired) electrons. The molecule has 0 aromatic heterocycles. The normalized spacial score (nSPS) is 19.3. The highest BCUT2D eigenvalue weighted by molar-refractivity contribution is 6.02. The number of nitrogens with zero attached hydrogens (tertiary/aromatic N) is 4. The first-order chi connectivity index (χ1) is 17.6. The number of carbonyl (C=O) groups is 3. The van der Waals surface area contributed by atoms with Crippen LogP contribution in [0.2, 0.25) is 0 Å². The average molecular weight is 509 g/mol. The molecule has 37 heavy (non-hydrogen) atoms. The second-order valence-corrected chi connectivity index (χ2v) is 10.2. The van der Waals surface area contributed by atoms with Crippen LogP contribution in [-0.4, -0.2) is 86.9 Å². The molecule has 2 aromatic rings. The molecule has 0 N–H and O–H groups in total. The van der Waals surface area contributed by atoms with Crippen molar-refractivity contribution in [3.05, 3.63) is 48.0 Å². The highest BCUT2D eigenvalue weighted by Gasteiger charge is 2.36. The Morgan fingerprint density at radius 3 is 2.22 bits per heavy atom. The van der Waals surface area contributed by atoms with Crippen molar-refractivity contribution in [3.63, 3.8) is 0 Å². The van der Waals surface area contributed by atoms with E-state index in [2.05, 4.69) is 4.90 Å². The van der Waals surface area contributed by atoms with Crippen molar-refractivity contribution in [2.45, 2.75) is 45.4 Å². The molecule has 0 spiro atoms. The zero-order valence-electron chi connectivity index (χ0n) is 22.4. The van der Waals surface area contributed by atoms with Crippen molar-refractivity contribution >= 4 is 29.5 Å². The van der Waals surface area contributed by atoms with E-state index < -0.39 is 12.2 Å². The average Bonchev–Trinajstić information content (AvgIpc) is 3.37. The van der Waals surface area contributed by atoms with Crippen LogP contribution >= 0.6 is 0 Å². The van der Waals surface area contributed by atoms with Gasteiger partial charge < -0.3 is 19.3 Å². The van der Waals surface area contributed by atoms with Crippen LogP contribution in [0.1, 0.15) is 37.6 Å². The molecule has 0 aliphatic carbocycles. The fourth-order valence-electron chi connectivity index (χ4n) is 4.95. The van der Waals surface area contributed by atoms with Gasteiger partial charge in [0.1, 0.15) is 0 Å². The first kappa shape index (κ1) is 26.5. The van der Waals surface area contributed by atoms with Crippen molar-refractivity contribution in [2.75, 3.05) is 50.6 Å². The third kappa shape index (κ3) is 5.41. The lowest BCUT2D eigenvalue weighted by Crippen LogP contribution is -2.52. The van der Waals surface area contributed by atoms with Crippen molar-refractivity contribution in [1.82, 2.24) is 9.80 Å². The van der Waals surface area contributed by atoms with Gasteiger partial charge in [-0.25, -0.2) is 9.59 Å². The number of likely N-dealkylation sites (tertiary alicyclic amines) is 1. The number of hydrogen-bond donors (Lipinski definition) is 0. The summed E-state index contributed by atoms with van der Waals surface area (Å²) >= 11 is 0. The molecule has 2 aromatic carbocycles. The second-order valence-electron chi connectivity index (χ2n) is 10.2. The number of amides is 3. The molecule has 9 nitrogen and oxygen atoms in total. The Bertz CT molecular complexity index is 1160. The van der Waals surface area contributed by atoms with Gasteiger partial charge in [-0.3, -0.25) is 14.6 Å². The lowest BCUT2D eigenvalue weighted by atomic mass is 10.00. The Hall–Kier alpha value is -3.59. The number of hydrogen-bond acceptors (Lipinski definition) is 6. The lowest BCUT2D eigenvalue weighted by Gasteiger charge is -2.40. The molecule has 2 atom stereocenters. The topological polar surface area (TPSA) is 82.6 Å². The maximum absolute atomic E-state index is 13.0. The maximum Gasteiger partial charge on any atom is 0.414 e. The molecule has 0 bridgehead atoms. The Morgan fingerprint density at radius 2 is 1.62 bits per heavy atom. The fraction of sp³-hybridized carbons (Fsp3) is 0.464. The molecule has 1 fully saturated rings. The monoisotopic (exact) mass is 508 g/mol. The SMILES string of the molecule is COC(=O)N1c2ccc(-c3ccc(C(=O)N4CC[C@H](N(C)C)C4)cc3)cc2N(C(=O)OC(C)C)C[C@@H]1C. The molecule has 0 unspecified atom stereocenters. The molecule has 1 saturated heterocycles. The Labute approximate surface area is 218 Å². The van der Waals surface area contributed by atoms with Gasteiger partial charge in [0, 0.05) is 24.7 Å². The minimum Gasteiger partial charge on any atom is -0.452 e. The van der Waals surface area contributed by atoms with Gasteiger partial charge in [0.15, 0.2) is 0 Å². The zero-order valence-corrected chi connectivity index (χ0v) is 22.4. The van der Waals surface area contributed by atoms with E-state index in [-0.39, 0.29) is 24.6 Å². The van der Waals surface area contributed by atoms with E-state index in [0.29, 0.717) is 23.0 Å². The summed E-state index contributed by atoms with van der Waals surface area (Å²) in [5, 5.41) is 0. The smallest absolute Gasteiger partial charge is 0.414 e. The van der Waals surface area contributed by atoms with Gasteiger partial charge >= 0.3 is 12.2 Å². The van der Waals surface area contributed by atoms with Crippen molar-refractivity contribution < 1.29 is 23.9 Å². The third-order valence-electron chi connectivity index (χ3n) is 6.99. The van der Waals surface area contributed by atoms with Crippen LogP contribution < -0.4 is 9.80 Å². The van der Waals surface area contributed by atoms with E-state index in [4.69, 9.17) is 9.47 Å². The summed E-state index contributed by atoms with van der Waals surface area (Å²) in [6.07, 6.45) is -0.253. The minimum atomic E-state index is -0.486. The van der Waals surface area contributed by atoms with Crippen LogP contribution in [0, 0.1) is 0 Å². The lowest BCUT2D eigenvalue weighted by molar-refractivity contribution is 0.0783. The summed E-state index contributed by atoms with van der Waals surface area (Å²) in [4.78, 5) is 45.7. The Kier molecular flexibility index (Phi) is 7.73. The first-order valence-corrected chi connectivity index (χ1v) is 12.7. The Balaban J connectivity index is 1.63. The predicted octanol–water partition coefficient (Wildman–Crippen LogP) is 4.46. The van der Waals surface area contributed by atoms with Gasteiger partial charge in [0.05, 0.1) is 37.2 Å². The highest BCUT2D eigenvalue weighted by atomic mass is 16.6. The molecule has 2 aliphatic heterocycles. The number of likely N-dealkylation sites (N-methyl/N-ethyl adjacent to an activating group) is 1. The van der Waals surface area contributed by atoms with E-state index in [9.17, 15) is 14.4 Å². The summed E-state index contributed by atoms with van der Waals surface area (Å²) < 4.78 is 10.5. The summed E-state index contributed by atoms with van der Waals surface area (Å²) in [7, 11) is 5.43. The van der Waals surface area contributed by atoms with Gasteiger partial charge in [0.25, 0.3) is 5.91 Å². The molecular formula is C28H36N4O5. The predicted molar refractivity (Wildman–Crippen MR) is 143 cm³/mol. The number of anilines is 2. The van der Waals surface area contributed by atoms with E-state index in [1.54, 1.807) is 23.6 Å². The summed E-state index contributed by atoms with van der Waals surface area (Å²) in [5.74, 6) is 0.0339. The van der Waals surface area contributed by atoms with E-state index in [1.807, 2.05) is 68.4 Å².